The van der Waals surface area contributed by atoms with Gasteiger partial charge in [-0.2, -0.15) is 0 Å². The van der Waals surface area contributed by atoms with E-state index in [9.17, 15) is 0 Å². The number of aryl methyl sites for hydroxylation is 2. The summed E-state index contributed by atoms with van der Waals surface area (Å²) in [4.78, 5) is 18.5. The van der Waals surface area contributed by atoms with E-state index in [-0.39, 0.29) is 0 Å². The van der Waals surface area contributed by atoms with Crippen LogP contribution in [-0.4, -0.2) is 53.1 Å². The van der Waals surface area contributed by atoms with Gasteiger partial charge in [0.25, 0.3) is 0 Å². The second kappa shape index (κ2) is 9.88. The maximum atomic E-state index is 4.70. The lowest BCUT2D eigenvalue weighted by Gasteiger charge is -2.35. The molecule has 162 valence electrons. The molecule has 1 aliphatic rings. The van der Waals surface area contributed by atoms with E-state index in [1.165, 1.54) is 24.1 Å². The first-order chi connectivity index (χ1) is 15.1. The Morgan fingerprint density at radius 2 is 1.84 bits per heavy atom. The van der Waals surface area contributed by atoms with Crippen molar-refractivity contribution in [2.24, 2.45) is 0 Å². The van der Waals surface area contributed by atoms with Gasteiger partial charge in [0.1, 0.15) is 0 Å². The Balaban J connectivity index is 1.45. The van der Waals surface area contributed by atoms with Crippen LogP contribution in [0.3, 0.4) is 0 Å². The monoisotopic (exact) mass is 416 g/mol. The van der Waals surface area contributed by atoms with Gasteiger partial charge in [0.2, 0.25) is 5.95 Å². The standard InChI is InChI=1S/C25H32N6/c1-4-5-6-21-8-7-20(18-27-21)23-11-12-26-25(29-23)28-22-9-10-24(19(2)17-22)31-15-13-30(3)14-16-31/h7-12,17-18H,4-6,13-16H2,1-3H3,(H,26,28,29). The van der Waals surface area contributed by atoms with Crippen molar-refractivity contribution in [3.63, 3.8) is 0 Å². The molecular weight excluding hydrogens is 384 g/mol. The van der Waals surface area contributed by atoms with Gasteiger partial charge in [-0.15, -0.1) is 0 Å². The number of hydrogen-bond donors (Lipinski definition) is 1. The maximum Gasteiger partial charge on any atom is 0.227 e. The molecule has 0 unspecified atom stereocenters. The number of benzene rings is 1. The van der Waals surface area contributed by atoms with Crippen molar-refractivity contribution in [2.45, 2.75) is 33.1 Å². The second-order valence-electron chi connectivity index (χ2n) is 8.32. The van der Waals surface area contributed by atoms with Gasteiger partial charge in [-0.25, -0.2) is 9.97 Å². The zero-order valence-electron chi connectivity index (χ0n) is 18.8. The van der Waals surface area contributed by atoms with Crippen LogP contribution in [0.2, 0.25) is 0 Å². The Morgan fingerprint density at radius 3 is 2.55 bits per heavy atom. The van der Waals surface area contributed by atoms with Crippen molar-refractivity contribution in [3.8, 4) is 11.3 Å². The van der Waals surface area contributed by atoms with Gasteiger partial charge >= 0.3 is 0 Å². The number of rotatable bonds is 7. The van der Waals surface area contributed by atoms with Gasteiger partial charge in [0.15, 0.2) is 0 Å². The molecule has 6 nitrogen and oxygen atoms in total. The van der Waals surface area contributed by atoms with Crippen LogP contribution in [0, 0.1) is 6.92 Å². The number of nitrogens with zero attached hydrogens (tertiary/aromatic N) is 5. The highest BCUT2D eigenvalue weighted by Gasteiger charge is 2.16. The first-order valence-electron chi connectivity index (χ1n) is 11.2. The summed E-state index contributed by atoms with van der Waals surface area (Å²) in [6, 6.07) is 12.6. The molecular formula is C25H32N6. The molecule has 31 heavy (non-hydrogen) atoms. The van der Waals surface area contributed by atoms with Gasteiger partial charge in [-0.05, 0) is 68.8 Å². The van der Waals surface area contributed by atoms with Crippen molar-refractivity contribution >= 4 is 17.3 Å². The summed E-state index contributed by atoms with van der Waals surface area (Å²) in [5.41, 5.74) is 6.58. The van der Waals surface area contributed by atoms with E-state index in [1.54, 1.807) is 6.20 Å². The smallest absolute Gasteiger partial charge is 0.227 e. The van der Waals surface area contributed by atoms with Gasteiger partial charge in [-0.1, -0.05) is 13.3 Å². The number of nitrogens with one attached hydrogen (secondary N) is 1. The summed E-state index contributed by atoms with van der Waals surface area (Å²) in [6.07, 6.45) is 7.07. The Hall–Kier alpha value is -2.99. The summed E-state index contributed by atoms with van der Waals surface area (Å²) in [6.45, 7) is 8.72. The summed E-state index contributed by atoms with van der Waals surface area (Å²) >= 11 is 0. The molecule has 1 aliphatic heterocycles. The van der Waals surface area contributed by atoms with Crippen LogP contribution in [0.15, 0.2) is 48.8 Å². The highest BCUT2D eigenvalue weighted by molar-refractivity contribution is 5.65. The molecule has 3 aromatic rings. The molecule has 1 fully saturated rings. The predicted octanol–water partition coefficient (Wildman–Crippen LogP) is 4.69. The summed E-state index contributed by atoms with van der Waals surface area (Å²) < 4.78 is 0. The molecule has 0 spiro atoms. The third kappa shape index (κ3) is 5.39. The van der Waals surface area contributed by atoms with Crippen LogP contribution in [0.4, 0.5) is 17.3 Å². The van der Waals surface area contributed by atoms with E-state index in [0.717, 1.165) is 55.2 Å². The Kier molecular flexibility index (Phi) is 6.77. The molecule has 0 bridgehead atoms. The minimum atomic E-state index is 0.597. The third-order valence-corrected chi connectivity index (χ3v) is 5.86. The van der Waals surface area contributed by atoms with Crippen LogP contribution < -0.4 is 10.2 Å². The van der Waals surface area contributed by atoms with E-state index < -0.39 is 0 Å². The van der Waals surface area contributed by atoms with Crippen LogP contribution in [0.25, 0.3) is 11.3 Å². The van der Waals surface area contributed by atoms with Gasteiger partial charge in [-0.3, -0.25) is 4.98 Å². The van der Waals surface area contributed by atoms with Crippen molar-refractivity contribution in [3.05, 3.63) is 60.0 Å². The Labute approximate surface area is 185 Å². The summed E-state index contributed by atoms with van der Waals surface area (Å²) in [5, 5.41) is 3.36. The van der Waals surface area contributed by atoms with Gasteiger partial charge in [0.05, 0.1) is 5.69 Å². The van der Waals surface area contributed by atoms with Crippen molar-refractivity contribution in [1.82, 2.24) is 19.9 Å². The fourth-order valence-corrected chi connectivity index (χ4v) is 3.93. The Bertz CT molecular complexity index is 993. The number of anilines is 3. The normalized spacial score (nSPS) is 14.6. The first kappa shape index (κ1) is 21.2. The molecule has 2 aromatic heterocycles. The highest BCUT2D eigenvalue weighted by Crippen LogP contribution is 2.26. The molecule has 1 aromatic carbocycles. The molecule has 0 atom stereocenters. The van der Waals surface area contributed by atoms with E-state index in [1.807, 2.05) is 12.3 Å². The van der Waals surface area contributed by atoms with Crippen molar-refractivity contribution in [2.75, 3.05) is 43.4 Å². The van der Waals surface area contributed by atoms with Crippen molar-refractivity contribution in [1.29, 1.82) is 0 Å². The zero-order valence-corrected chi connectivity index (χ0v) is 18.8. The van der Waals surface area contributed by atoms with Crippen LogP contribution in [0.1, 0.15) is 31.0 Å². The van der Waals surface area contributed by atoms with E-state index in [2.05, 4.69) is 76.3 Å². The fourth-order valence-electron chi connectivity index (χ4n) is 3.93. The van der Waals surface area contributed by atoms with Gasteiger partial charge in [0, 0.05) is 61.2 Å². The molecule has 0 saturated carbocycles. The summed E-state index contributed by atoms with van der Waals surface area (Å²) in [5.74, 6) is 0.597. The van der Waals surface area contributed by atoms with Crippen molar-refractivity contribution < 1.29 is 0 Å². The molecule has 6 heteroatoms. The van der Waals surface area contributed by atoms with E-state index in [0.29, 0.717) is 5.95 Å². The highest BCUT2D eigenvalue weighted by atomic mass is 15.2. The van der Waals surface area contributed by atoms with Gasteiger partial charge < -0.3 is 15.1 Å². The number of hydrogen-bond acceptors (Lipinski definition) is 6. The van der Waals surface area contributed by atoms with E-state index >= 15 is 0 Å². The average molecular weight is 417 g/mol. The number of piperazine rings is 1. The first-order valence-corrected chi connectivity index (χ1v) is 11.2. The minimum absolute atomic E-state index is 0.597. The molecule has 0 amide bonds. The quantitative estimate of drug-likeness (QED) is 0.603. The number of likely N-dealkylation sites (N-methyl/N-ethyl adjacent to an activating group) is 1. The molecule has 3 heterocycles. The third-order valence-electron chi connectivity index (χ3n) is 5.86. The topological polar surface area (TPSA) is 57.2 Å². The second-order valence-corrected chi connectivity index (χ2v) is 8.32. The zero-order chi connectivity index (χ0) is 21.6. The lowest BCUT2D eigenvalue weighted by atomic mass is 10.1. The molecule has 1 saturated heterocycles. The lowest BCUT2D eigenvalue weighted by Crippen LogP contribution is -2.44. The molecule has 0 radical (unpaired) electrons. The average Bonchev–Trinajstić information content (AvgIpc) is 2.79. The minimum Gasteiger partial charge on any atom is -0.369 e. The maximum absolute atomic E-state index is 4.70. The van der Waals surface area contributed by atoms with Crippen LogP contribution in [-0.2, 0) is 6.42 Å². The molecule has 4 rings (SSSR count). The summed E-state index contributed by atoms with van der Waals surface area (Å²) in [7, 11) is 2.18. The number of pyridine rings is 1. The molecule has 1 N–H and O–H groups in total. The van der Waals surface area contributed by atoms with E-state index in [4.69, 9.17) is 4.98 Å². The Morgan fingerprint density at radius 1 is 1.00 bits per heavy atom. The SMILES string of the molecule is CCCCc1ccc(-c2ccnc(Nc3ccc(N4CCN(C)CC4)c(C)c3)n2)cn1. The van der Waals surface area contributed by atoms with Crippen LogP contribution >= 0.6 is 0 Å². The largest absolute Gasteiger partial charge is 0.369 e. The fraction of sp³-hybridized carbons (Fsp3) is 0.400. The lowest BCUT2D eigenvalue weighted by molar-refractivity contribution is 0.312. The van der Waals surface area contributed by atoms with Crippen LogP contribution in [0.5, 0.6) is 0 Å². The number of unbranched alkanes of at least 4 members (excludes halogenated alkanes) is 1. The molecule has 0 aliphatic carbocycles. The predicted molar refractivity (Wildman–Crippen MR) is 128 cm³/mol. The number of aromatic nitrogens is 3.